The van der Waals surface area contributed by atoms with Crippen LogP contribution in [0, 0.1) is 37.2 Å². The molecule has 9 aromatic heterocycles. The van der Waals surface area contributed by atoms with E-state index in [1.165, 1.54) is 87.3 Å². The van der Waals surface area contributed by atoms with Gasteiger partial charge in [0, 0.05) is 52.3 Å². The average Bonchev–Trinajstić information content (AvgIpc) is 0.817. The van der Waals surface area contributed by atoms with Crippen LogP contribution >= 0.6 is 139 Å². The highest BCUT2D eigenvalue weighted by Gasteiger charge is 2.36. The number of pyridine rings is 8. The number of carbonyl (C=O) groups is 6. The standard InChI is InChI=1S/C14H9ClF4N2O2.C13H9Cl3N2O2.C13H11ClFN3O3.C12H6Cl4N2O2.C12H9ClFN3O3.C11H7Cl2FN4O2/c1-5-6(2-3-7(11(5)16)14(17,18)19)9-4-8(20)10(15)12(21-9)13(22)23;1-5-6(2-3-7(14)10(5)15)9-4-8(17)11(16)12(18-9)13(19)20;1-20-7-4-3-6(5-17-7)11-9(15)10(16)8(14)12(18-11)13(19)21-2;13-5-2-1-4(8(14)9(5)15)7-3-6(17)10(16)11(18-7)12(19)20;1-20-6-3-2-5(4-16-6)10-8(14)9(15)7(13)11(17-10)12(18)19;1-20-11(19)7-6(13)9(15)18-10(17-7)4-2-3-5(12)16-8(4)14/h2-4H,1H3,(H2,20,21)(H,22,23);2-4H,1H3,(H2,17,18)(H,19,20);3-5H,1-2H3,(H2,16,18);1-3H,(H2,17,18)(H,19,20);2-4H,1H3,(H2,15,17)(H,18,19);2-3H,1H3,(H2,15,17,18). The van der Waals surface area contributed by atoms with E-state index in [4.69, 9.17) is 204 Å². The number of aromatic carboxylic acids is 4. The van der Waals surface area contributed by atoms with Crippen molar-refractivity contribution in [2.24, 2.45) is 0 Å². The molecular formula is C75H51Cl12F7N16O14. The third-order valence-corrected chi connectivity index (χ3v) is 20.7. The first-order valence-electron chi connectivity index (χ1n) is 33.0. The van der Waals surface area contributed by atoms with E-state index in [1.807, 2.05) is 0 Å². The predicted molar refractivity (Wildman–Crippen MR) is 454 cm³/mol. The van der Waals surface area contributed by atoms with Crippen LogP contribution in [0.2, 0.25) is 60.4 Å². The number of esters is 2. The molecular weight excluding hydrogens is 1910 g/mol. The summed E-state index contributed by atoms with van der Waals surface area (Å²) in [6.45, 7) is 2.89. The van der Waals surface area contributed by atoms with Gasteiger partial charge < -0.3 is 73.8 Å². The summed E-state index contributed by atoms with van der Waals surface area (Å²) >= 11 is 70.0. The third kappa shape index (κ3) is 23.1. The molecule has 3 aromatic carbocycles. The number of aromatic nitrogens is 10. The number of benzene rings is 3. The normalized spacial score (nSPS) is 10.7. The van der Waals surface area contributed by atoms with E-state index in [-0.39, 0.29) is 148 Å². The number of anilines is 6. The number of halogens is 19. The fourth-order valence-electron chi connectivity index (χ4n) is 9.88. The number of methoxy groups -OCH3 is 4. The zero-order valence-electron chi connectivity index (χ0n) is 62.8. The molecule has 0 aliphatic heterocycles. The first kappa shape index (κ1) is 99.3. The van der Waals surface area contributed by atoms with Gasteiger partial charge in [0.05, 0.1) is 135 Å². The minimum atomic E-state index is -4.84. The second-order valence-corrected chi connectivity index (χ2v) is 28.4. The highest BCUT2D eigenvalue weighted by Crippen LogP contribution is 2.43. The SMILES string of the molecule is COC(=O)c1nc(-c2ccc(Cl)nc2F)nc(N)c1Cl.COC(=O)c1nc(-c2ccc(OC)nc2)c(F)c(N)c1Cl.COc1ccc(-c2nc(C(=O)O)c(Cl)c(N)c2F)cn1.Cc1c(-c2cc(N)c(Cl)c(C(=O)O)n2)ccc(C(F)(F)F)c1F.Cc1c(-c2cc(N)c(Cl)c(C(=O)O)n2)ccc(Cl)c1Cl.Nc1cc(-c2ccc(Cl)c(Cl)c2Cl)nc(C(=O)O)c1Cl. The summed E-state index contributed by atoms with van der Waals surface area (Å²) in [6, 6.07) is 20.8. The summed E-state index contributed by atoms with van der Waals surface area (Å²) in [7, 11) is 5.20. The van der Waals surface area contributed by atoms with Gasteiger partial charge in [-0.25, -0.2) is 91.8 Å². The smallest absolute Gasteiger partial charge is 0.419 e. The molecule has 49 heteroatoms. The molecule has 0 saturated carbocycles. The van der Waals surface area contributed by atoms with E-state index in [9.17, 15) is 59.5 Å². The molecule has 0 amide bonds. The Morgan fingerprint density at radius 2 is 0.750 bits per heavy atom. The quantitative estimate of drug-likeness (QED) is 0.0209. The van der Waals surface area contributed by atoms with Crippen molar-refractivity contribution in [1.29, 1.82) is 0 Å². The fourth-order valence-corrected chi connectivity index (χ4v) is 12.1. The van der Waals surface area contributed by atoms with Gasteiger partial charge in [0.2, 0.25) is 17.7 Å². The predicted octanol–water partition coefficient (Wildman–Crippen LogP) is 20.0. The summed E-state index contributed by atoms with van der Waals surface area (Å²) < 4.78 is 113. The van der Waals surface area contributed by atoms with Gasteiger partial charge in [0.15, 0.2) is 51.6 Å². The molecule has 12 aromatic rings. The van der Waals surface area contributed by atoms with Crippen LogP contribution in [0.5, 0.6) is 11.8 Å². The lowest BCUT2D eigenvalue weighted by atomic mass is 10.00. The lowest BCUT2D eigenvalue weighted by Gasteiger charge is -2.14. The molecule has 0 fully saturated rings. The van der Waals surface area contributed by atoms with Crippen molar-refractivity contribution in [3.05, 3.63) is 238 Å². The number of hydrogen-bond donors (Lipinski definition) is 10. The van der Waals surface area contributed by atoms with E-state index in [0.29, 0.717) is 55.8 Å². The number of hydrogen-bond acceptors (Lipinski definition) is 26. The lowest BCUT2D eigenvalue weighted by Crippen LogP contribution is -2.10. The van der Waals surface area contributed by atoms with Crippen LogP contribution in [0.1, 0.15) is 79.6 Å². The Balaban J connectivity index is 0.000000205. The van der Waals surface area contributed by atoms with Gasteiger partial charge in [0.1, 0.15) is 33.2 Å². The van der Waals surface area contributed by atoms with Gasteiger partial charge in [-0.1, -0.05) is 151 Å². The molecule has 0 bridgehead atoms. The topological polar surface area (TPSA) is 505 Å². The van der Waals surface area contributed by atoms with Gasteiger partial charge in [-0.15, -0.1) is 0 Å². The second kappa shape index (κ2) is 42.5. The van der Waals surface area contributed by atoms with Crippen molar-refractivity contribution in [2.45, 2.75) is 20.0 Å². The summed E-state index contributed by atoms with van der Waals surface area (Å²) in [5.41, 5.74) is 31.2. The van der Waals surface area contributed by atoms with Gasteiger partial charge in [-0.2, -0.15) is 17.6 Å². The number of nitrogens with zero attached hydrogens (tertiary/aromatic N) is 10. The maximum Gasteiger partial charge on any atom is 0.419 e. The van der Waals surface area contributed by atoms with Crippen LogP contribution in [0.3, 0.4) is 0 Å². The molecule has 0 saturated heterocycles. The molecule has 30 nitrogen and oxygen atoms in total. The van der Waals surface area contributed by atoms with E-state index in [0.717, 1.165) is 27.2 Å². The van der Waals surface area contributed by atoms with Gasteiger partial charge in [-0.3, -0.25) is 0 Å². The first-order valence-corrected chi connectivity index (χ1v) is 37.5. The molecule has 16 N–H and O–H groups in total. The third-order valence-electron chi connectivity index (χ3n) is 16.0. The molecule has 648 valence electrons. The van der Waals surface area contributed by atoms with E-state index in [1.54, 1.807) is 25.1 Å². The monoisotopic (exact) mass is 1950 g/mol. The summed E-state index contributed by atoms with van der Waals surface area (Å²) in [5.74, 6) is -10.7. The van der Waals surface area contributed by atoms with Crippen LogP contribution < -0.4 is 43.9 Å². The molecule has 0 spiro atoms. The van der Waals surface area contributed by atoms with Crippen molar-refractivity contribution < 1.29 is 98.9 Å². The molecule has 0 aliphatic carbocycles. The van der Waals surface area contributed by atoms with Crippen molar-refractivity contribution in [3.8, 4) is 79.4 Å². The Kier molecular flexibility index (Phi) is 34.0. The van der Waals surface area contributed by atoms with E-state index >= 15 is 0 Å². The van der Waals surface area contributed by atoms with Crippen LogP contribution in [-0.4, -0.2) is 135 Å². The first-order chi connectivity index (χ1) is 58.1. The van der Waals surface area contributed by atoms with E-state index < -0.39 is 93.1 Å². The number of ether oxygens (including phenoxy) is 4. The van der Waals surface area contributed by atoms with Crippen LogP contribution in [-0.2, 0) is 15.7 Å². The lowest BCUT2D eigenvalue weighted by molar-refractivity contribution is -0.140. The highest BCUT2D eigenvalue weighted by atomic mass is 35.5. The number of carbonyl (C=O) groups excluding carboxylic acids is 2. The number of nitrogen functional groups attached to an aromatic ring is 6. The Labute approximate surface area is 752 Å². The van der Waals surface area contributed by atoms with Crippen molar-refractivity contribution in [1.82, 2.24) is 49.8 Å². The van der Waals surface area contributed by atoms with Crippen LogP contribution in [0.15, 0.2) is 103 Å². The zero-order valence-corrected chi connectivity index (χ0v) is 71.9. The molecule has 9 heterocycles. The fraction of sp³-hybridized carbons (Fsp3) is 0.0933. The zero-order chi connectivity index (χ0) is 92.9. The largest absolute Gasteiger partial charge is 0.481 e. The Morgan fingerprint density at radius 1 is 0.379 bits per heavy atom. The number of alkyl halides is 3. The molecule has 0 unspecified atom stereocenters. The van der Waals surface area contributed by atoms with Crippen molar-refractivity contribution in [2.75, 3.05) is 62.8 Å². The summed E-state index contributed by atoms with van der Waals surface area (Å²) in [5, 5.41) is 36.1. The van der Waals surface area contributed by atoms with Crippen molar-refractivity contribution >= 4 is 209 Å². The Bertz CT molecular complexity index is 6110. The second-order valence-electron chi connectivity index (χ2n) is 23.8. The minimum Gasteiger partial charge on any atom is -0.481 e. The number of nitrogens with two attached hydrogens (primary N) is 6. The maximum absolute atomic E-state index is 14.2. The molecule has 0 radical (unpaired) electrons. The highest BCUT2D eigenvalue weighted by molar-refractivity contribution is 6.49. The van der Waals surface area contributed by atoms with E-state index in [2.05, 4.69) is 59.3 Å². The number of carboxylic acid groups (broad SMARTS) is 4. The maximum atomic E-state index is 14.2. The number of rotatable bonds is 14. The average molecular weight is 1960 g/mol. The minimum absolute atomic E-state index is 0.0126. The molecule has 0 atom stereocenters. The van der Waals surface area contributed by atoms with Crippen LogP contribution in [0.25, 0.3) is 67.7 Å². The van der Waals surface area contributed by atoms with Gasteiger partial charge in [-0.05, 0) is 91.7 Å². The molecule has 12 rings (SSSR count). The van der Waals surface area contributed by atoms with Gasteiger partial charge >= 0.3 is 42.0 Å². The summed E-state index contributed by atoms with van der Waals surface area (Å²) in [4.78, 5) is 106. The molecule has 124 heavy (non-hydrogen) atoms. The molecule has 0 aliphatic rings. The summed E-state index contributed by atoms with van der Waals surface area (Å²) in [6.07, 6.45) is -2.20. The van der Waals surface area contributed by atoms with Crippen molar-refractivity contribution in [3.63, 3.8) is 0 Å². The van der Waals surface area contributed by atoms with Gasteiger partial charge in [0.25, 0.3) is 0 Å². The van der Waals surface area contributed by atoms with Crippen LogP contribution in [0.4, 0.5) is 65.0 Å². The Hall–Kier alpha value is -11.9. The Morgan fingerprint density at radius 3 is 1.15 bits per heavy atom. The number of carboxylic acids is 4.